The van der Waals surface area contributed by atoms with Crippen molar-refractivity contribution in [2.24, 2.45) is 0 Å². The van der Waals surface area contributed by atoms with Crippen molar-refractivity contribution >= 4 is 0 Å². The van der Waals surface area contributed by atoms with Gasteiger partial charge in [-0.25, -0.2) is 4.39 Å². The molecule has 0 N–H and O–H groups in total. The van der Waals surface area contributed by atoms with Crippen LogP contribution in [0.5, 0.6) is 11.5 Å². The van der Waals surface area contributed by atoms with Gasteiger partial charge in [0.1, 0.15) is 6.67 Å². The van der Waals surface area contributed by atoms with Crippen molar-refractivity contribution in [3.05, 3.63) is 23.5 Å². The van der Waals surface area contributed by atoms with Gasteiger partial charge in [0, 0.05) is 0 Å². The molecule has 0 aromatic heterocycles. The Morgan fingerprint density at radius 2 is 1.62 bits per heavy atom. The lowest BCUT2D eigenvalue weighted by molar-refractivity contribution is 0.347. The Kier molecular flexibility index (Phi) is 3.06. The van der Waals surface area contributed by atoms with E-state index in [1.54, 1.807) is 0 Å². The number of alkyl halides is 1. The fraction of sp³-hybridized carbons (Fsp3) is 0.333. The van der Waals surface area contributed by atoms with Crippen LogP contribution < -0.4 is 9.47 Å². The van der Waals surface area contributed by atoms with Crippen LogP contribution in [0, 0.1) is 5.82 Å². The number of hydrogen-bond donors (Lipinski definition) is 0. The summed E-state index contributed by atoms with van der Waals surface area (Å²) in [6.07, 6.45) is 0. The molecule has 0 amide bonds. The lowest BCUT2D eigenvalue weighted by Gasteiger charge is -2.08. The third-order valence-electron chi connectivity index (χ3n) is 1.66. The van der Waals surface area contributed by atoms with Crippen LogP contribution in [0.4, 0.5) is 8.78 Å². The van der Waals surface area contributed by atoms with E-state index in [9.17, 15) is 8.78 Å². The van der Waals surface area contributed by atoms with Crippen LogP contribution in [0.2, 0.25) is 0 Å². The molecule has 1 rings (SSSR count). The average Bonchev–Trinajstić information content (AvgIpc) is 2.18. The molecule has 0 saturated heterocycles. The van der Waals surface area contributed by atoms with Gasteiger partial charge in [-0.15, -0.1) is 0 Å². The predicted octanol–water partition coefficient (Wildman–Crippen LogP) is 2.31. The maximum atomic E-state index is 13.2. The largest absolute Gasteiger partial charge is 0.494 e. The molecule has 13 heavy (non-hydrogen) atoms. The summed E-state index contributed by atoms with van der Waals surface area (Å²) >= 11 is 0. The Bertz CT molecular complexity index is 275. The molecule has 4 heteroatoms. The summed E-state index contributed by atoms with van der Waals surface area (Å²) < 4.78 is 34.9. The second kappa shape index (κ2) is 4.07. The van der Waals surface area contributed by atoms with Gasteiger partial charge in [0.2, 0.25) is 5.82 Å². The number of hydrogen-bond acceptors (Lipinski definition) is 2. The minimum absolute atomic E-state index is 0.00741. The lowest BCUT2D eigenvalue weighted by Crippen LogP contribution is -1.95. The molecule has 1 aromatic rings. The number of benzene rings is 1. The van der Waals surface area contributed by atoms with E-state index in [1.807, 2.05) is 0 Å². The Labute approximate surface area is 75.1 Å². The second-order valence-corrected chi connectivity index (χ2v) is 2.45. The van der Waals surface area contributed by atoms with Crippen LogP contribution in [0.15, 0.2) is 12.1 Å². The first kappa shape index (κ1) is 9.77. The molecule has 0 aliphatic heterocycles. The molecule has 0 aliphatic rings. The molecule has 2 nitrogen and oxygen atoms in total. The molecule has 0 bridgehead atoms. The Balaban J connectivity index is 3.20. The summed E-state index contributed by atoms with van der Waals surface area (Å²) in [6.45, 7) is -0.674. The quantitative estimate of drug-likeness (QED) is 0.724. The van der Waals surface area contributed by atoms with E-state index in [2.05, 4.69) is 0 Å². The molecule has 0 aliphatic carbocycles. The van der Waals surface area contributed by atoms with Crippen molar-refractivity contribution in [1.82, 2.24) is 0 Å². The van der Waals surface area contributed by atoms with E-state index in [-0.39, 0.29) is 11.5 Å². The Morgan fingerprint density at radius 3 is 1.92 bits per heavy atom. The van der Waals surface area contributed by atoms with Gasteiger partial charge in [0.05, 0.1) is 14.2 Å². The smallest absolute Gasteiger partial charge is 0.206 e. The van der Waals surface area contributed by atoms with Crippen molar-refractivity contribution in [3.63, 3.8) is 0 Å². The van der Waals surface area contributed by atoms with Gasteiger partial charge in [-0.2, -0.15) is 4.39 Å². The SMILES string of the molecule is COc1cc(CF)cc(OC)c1F. The normalized spacial score (nSPS) is 9.85. The van der Waals surface area contributed by atoms with Crippen molar-refractivity contribution in [1.29, 1.82) is 0 Å². The van der Waals surface area contributed by atoms with Gasteiger partial charge in [-0.3, -0.25) is 0 Å². The van der Waals surface area contributed by atoms with Crippen molar-refractivity contribution < 1.29 is 18.3 Å². The highest BCUT2D eigenvalue weighted by atomic mass is 19.1. The lowest BCUT2D eigenvalue weighted by atomic mass is 10.2. The molecule has 0 heterocycles. The third-order valence-corrected chi connectivity index (χ3v) is 1.66. The Hall–Kier alpha value is -1.32. The summed E-state index contributed by atoms with van der Waals surface area (Å²) in [4.78, 5) is 0. The zero-order chi connectivity index (χ0) is 9.84. The summed E-state index contributed by atoms with van der Waals surface area (Å²) in [5, 5.41) is 0. The molecule has 1 aromatic carbocycles. The maximum absolute atomic E-state index is 13.2. The zero-order valence-corrected chi connectivity index (χ0v) is 7.43. The van der Waals surface area contributed by atoms with Crippen LogP contribution in [-0.2, 0) is 6.67 Å². The van der Waals surface area contributed by atoms with Crippen LogP contribution in [0.1, 0.15) is 5.56 Å². The molecular weight excluding hydrogens is 178 g/mol. The highest BCUT2D eigenvalue weighted by molar-refractivity contribution is 5.40. The number of halogens is 2. The van der Waals surface area contributed by atoms with Crippen molar-refractivity contribution in [2.75, 3.05) is 14.2 Å². The van der Waals surface area contributed by atoms with Gasteiger partial charge in [0.25, 0.3) is 0 Å². The minimum Gasteiger partial charge on any atom is -0.494 e. The Morgan fingerprint density at radius 1 is 1.15 bits per heavy atom. The van der Waals surface area contributed by atoms with Crippen LogP contribution in [0.25, 0.3) is 0 Å². The predicted molar refractivity (Wildman–Crippen MR) is 44.3 cm³/mol. The topological polar surface area (TPSA) is 18.5 Å². The number of methoxy groups -OCH3 is 2. The molecule has 0 saturated carbocycles. The molecule has 0 atom stereocenters. The van der Waals surface area contributed by atoms with Crippen LogP contribution in [-0.4, -0.2) is 14.2 Å². The zero-order valence-electron chi connectivity index (χ0n) is 7.43. The van der Waals surface area contributed by atoms with E-state index >= 15 is 0 Å². The molecule has 0 unspecified atom stereocenters. The van der Waals surface area contributed by atoms with Crippen LogP contribution >= 0.6 is 0 Å². The monoisotopic (exact) mass is 188 g/mol. The summed E-state index contributed by atoms with van der Waals surface area (Å²) in [5.74, 6) is -0.624. The third kappa shape index (κ3) is 1.88. The van der Waals surface area contributed by atoms with E-state index in [1.165, 1.54) is 26.4 Å². The number of rotatable bonds is 3. The summed E-state index contributed by atoms with van der Waals surface area (Å²) in [6, 6.07) is 2.61. The maximum Gasteiger partial charge on any atom is 0.206 e. The average molecular weight is 188 g/mol. The van der Waals surface area contributed by atoms with E-state index in [0.29, 0.717) is 5.56 Å². The number of ether oxygens (including phenoxy) is 2. The molecule has 0 radical (unpaired) electrons. The minimum atomic E-state index is -0.674. The molecular formula is C9H10F2O2. The van der Waals surface area contributed by atoms with E-state index in [4.69, 9.17) is 9.47 Å². The second-order valence-electron chi connectivity index (χ2n) is 2.45. The van der Waals surface area contributed by atoms with Crippen LogP contribution in [0.3, 0.4) is 0 Å². The fourth-order valence-corrected chi connectivity index (χ4v) is 1.00. The van der Waals surface area contributed by atoms with Crippen molar-refractivity contribution in [2.45, 2.75) is 6.67 Å². The first-order chi connectivity index (χ1) is 6.22. The standard InChI is InChI=1S/C9H10F2O2/c1-12-7-3-6(5-10)4-8(13-2)9(7)11/h3-4H,5H2,1-2H3. The fourth-order valence-electron chi connectivity index (χ4n) is 1.00. The highest BCUT2D eigenvalue weighted by Crippen LogP contribution is 2.28. The van der Waals surface area contributed by atoms with Gasteiger partial charge in [-0.1, -0.05) is 0 Å². The highest BCUT2D eigenvalue weighted by Gasteiger charge is 2.11. The van der Waals surface area contributed by atoms with Gasteiger partial charge < -0.3 is 9.47 Å². The summed E-state index contributed by atoms with van der Waals surface area (Å²) in [7, 11) is 2.64. The van der Waals surface area contributed by atoms with E-state index < -0.39 is 12.5 Å². The molecule has 0 spiro atoms. The summed E-state index contributed by atoms with van der Waals surface area (Å²) in [5.41, 5.74) is 0.329. The molecule has 0 fully saturated rings. The van der Waals surface area contributed by atoms with E-state index in [0.717, 1.165) is 0 Å². The first-order valence-corrected chi connectivity index (χ1v) is 3.69. The van der Waals surface area contributed by atoms with Gasteiger partial charge >= 0.3 is 0 Å². The van der Waals surface area contributed by atoms with Crippen molar-refractivity contribution in [3.8, 4) is 11.5 Å². The first-order valence-electron chi connectivity index (χ1n) is 3.69. The van der Waals surface area contributed by atoms with Gasteiger partial charge in [0.15, 0.2) is 11.5 Å². The van der Waals surface area contributed by atoms with Gasteiger partial charge in [-0.05, 0) is 17.7 Å². The molecule has 72 valence electrons.